The van der Waals surface area contributed by atoms with E-state index >= 15 is 0 Å². The van der Waals surface area contributed by atoms with Crippen LogP contribution in [0.25, 0.3) is 0 Å². The summed E-state index contributed by atoms with van der Waals surface area (Å²) in [5.41, 5.74) is 5.60. The summed E-state index contributed by atoms with van der Waals surface area (Å²) in [4.78, 5) is 14.2. The van der Waals surface area contributed by atoms with Crippen LogP contribution in [-0.2, 0) is 6.54 Å². The lowest BCUT2D eigenvalue weighted by Gasteiger charge is -2.08. The van der Waals surface area contributed by atoms with E-state index in [0.29, 0.717) is 17.5 Å². The van der Waals surface area contributed by atoms with Crippen molar-refractivity contribution in [1.82, 2.24) is 4.98 Å². The lowest BCUT2D eigenvalue weighted by molar-refractivity contribution is 0.110. The first-order chi connectivity index (χ1) is 6.60. The van der Waals surface area contributed by atoms with E-state index < -0.39 is 12.1 Å². The second-order valence-electron chi connectivity index (χ2n) is 2.84. The lowest BCUT2D eigenvalue weighted by Crippen LogP contribution is -2.08. The summed E-state index contributed by atoms with van der Waals surface area (Å²) in [5, 5.41) is 0. The lowest BCUT2D eigenvalue weighted by atomic mass is 10.1. The van der Waals surface area contributed by atoms with E-state index in [1.807, 2.05) is 0 Å². The fourth-order valence-corrected chi connectivity index (χ4v) is 1.25. The van der Waals surface area contributed by atoms with Crippen molar-refractivity contribution in [3.63, 3.8) is 0 Å². The molecule has 14 heavy (non-hydrogen) atoms. The van der Waals surface area contributed by atoms with Gasteiger partial charge in [0.1, 0.15) is 5.69 Å². The average Bonchev–Trinajstić information content (AvgIpc) is 2.16. The Bertz CT molecular complexity index is 353. The summed E-state index contributed by atoms with van der Waals surface area (Å²) >= 11 is 0. The second-order valence-corrected chi connectivity index (χ2v) is 2.84. The molecule has 2 N–H and O–H groups in total. The van der Waals surface area contributed by atoms with Gasteiger partial charge in [-0.2, -0.15) is 0 Å². The molecule has 0 aliphatic rings. The summed E-state index contributed by atoms with van der Waals surface area (Å²) in [7, 11) is 0. The van der Waals surface area contributed by atoms with Gasteiger partial charge in [0.05, 0.1) is 0 Å². The van der Waals surface area contributed by atoms with E-state index in [1.54, 1.807) is 6.92 Å². The molecule has 1 aromatic heterocycles. The maximum absolute atomic E-state index is 12.4. The predicted octanol–water partition coefficient (Wildman–Crippen LogP) is 1.60. The Labute approximate surface area is 79.9 Å². The Morgan fingerprint density at radius 1 is 1.64 bits per heavy atom. The first-order valence-corrected chi connectivity index (χ1v) is 4.04. The van der Waals surface area contributed by atoms with Gasteiger partial charge >= 0.3 is 0 Å². The molecule has 1 rings (SSSR count). The first-order valence-electron chi connectivity index (χ1n) is 4.04. The van der Waals surface area contributed by atoms with Crippen molar-refractivity contribution in [2.24, 2.45) is 5.73 Å². The Balaban J connectivity index is 3.39. The number of aromatic nitrogens is 1. The second kappa shape index (κ2) is 4.23. The molecule has 0 saturated heterocycles. The molecule has 0 fully saturated rings. The highest BCUT2D eigenvalue weighted by molar-refractivity contribution is 5.79. The van der Waals surface area contributed by atoms with Crippen LogP contribution < -0.4 is 5.73 Å². The van der Waals surface area contributed by atoms with E-state index in [-0.39, 0.29) is 12.1 Å². The number of nitrogens with zero attached hydrogens (tertiary/aromatic N) is 1. The van der Waals surface area contributed by atoms with Crippen LogP contribution in [0.15, 0.2) is 6.07 Å². The number of aldehydes is 1. The van der Waals surface area contributed by atoms with Crippen LogP contribution in [-0.4, -0.2) is 11.3 Å². The highest BCUT2D eigenvalue weighted by atomic mass is 19.3. The SMILES string of the molecule is Cc1cc(CN)c(C=O)c(C(F)F)n1. The van der Waals surface area contributed by atoms with Gasteiger partial charge in [0.2, 0.25) is 0 Å². The van der Waals surface area contributed by atoms with Crippen molar-refractivity contribution in [2.45, 2.75) is 19.9 Å². The maximum Gasteiger partial charge on any atom is 0.281 e. The number of aryl methyl sites for hydroxylation is 1. The minimum absolute atomic E-state index is 0.0527. The van der Waals surface area contributed by atoms with Crippen LogP contribution in [0.4, 0.5) is 8.78 Å². The third kappa shape index (κ3) is 1.93. The third-order valence-electron chi connectivity index (χ3n) is 1.85. The molecule has 3 nitrogen and oxygen atoms in total. The smallest absolute Gasteiger partial charge is 0.281 e. The number of halogens is 2. The Kier molecular flexibility index (Phi) is 3.24. The minimum atomic E-state index is -2.75. The van der Waals surface area contributed by atoms with Crippen LogP contribution in [0.3, 0.4) is 0 Å². The summed E-state index contributed by atoms with van der Waals surface area (Å²) in [5.74, 6) is 0. The van der Waals surface area contributed by atoms with Crippen molar-refractivity contribution in [2.75, 3.05) is 0 Å². The van der Waals surface area contributed by atoms with E-state index in [4.69, 9.17) is 5.73 Å². The predicted molar refractivity (Wildman–Crippen MR) is 47.2 cm³/mol. The van der Waals surface area contributed by atoms with Gasteiger partial charge in [-0.25, -0.2) is 8.78 Å². The number of pyridine rings is 1. The van der Waals surface area contributed by atoms with Crippen LogP contribution in [0.1, 0.15) is 33.7 Å². The topological polar surface area (TPSA) is 56.0 Å². The molecule has 1 aromatic rings. The molecular weight excluding hydrogens is 190 g/mol. The first kappa shape index (κ1) is 10.7. The molecule has 0 atom stereocenters. The number of rotatable bonds is 3. The molecule has 1 heterocycles. The highest BCUT2D eigenvalue weighted by Gasteiger charge is 2.17. The van der Waals surface area contributed by atoms with Crippen molar-refractivity contribution in [3.05, 3.63) is 28.6 Å². The van der Waals surface area contributed by atoms with Gasteiger partial charge in [-0.05, 0) is 18.6 Å². The van der Waals surface area contributed by atoms with Gasteiger partial charge < -0.3 is 5.73 Å². The van der Waals surface area contributed by atoms with Gasteiger partial charge in [0.25, 0.3) is 6.43 Å². The van der Waals surface area contributed by atoms with Gasteiger partial charge in [-0.3, -0.25) is 9.78 Å². The van der Waals surface area contributed by atoms with Gasteiger partial charge in [0, 0.05) is 17.8 Å². The number of nitrogens with two attached hydrogens (primary N) is 1. The van der Waals surface area contributed by atoms with Crippen LogP contribution in [0, 0.1) is 6.92 Å². The molecule has 0 aliphatic heterocycles. The van der Waals surface area contributed by atoms with Crippen molar-refractivity contribution in [1.29, 1.82) is 0 Å². The zero-order valence-corrected chi connectivity index (χ0v) is 7.63. The van der Waals surface area contributed by atoms with Crippen LogP contribution >= 0.6 is 0 Å². The molecule has 0 bridgehead atoms. The van der Waals surface area contributed by atoms with Crippen LogP contribution in [0.2, 0.25) is 0 Å². The monoisotopic (exact) mass is 200 g/mol. The molecule has 0 spiro atoms. The van der Waals surface area contributed by atoms with E-state index in [1.165, 1.54) is 6.07 Å². The molecule has 0 unspecified atom stereocenters. The quantitative estimate of drug-likeness (QED) is 0.754. The fraction of sp³-hybridized carbons (Fsp3) is 0.333. The fourth-order valence-electron chi connectivity index (χ4n) is 1.25. The van der Waals surface area contributed by atoms with Crippen molar-refractivity contribution >= 4 is 6.29 Å². The Hall–Kier alpha value is -1.36. The molecule has 0 saturated carbocycles. The van der Waals surface area contributed by atoms with Crippen molar-refractivity contribution in [3.8, 4) is 0 Å². The number of hydrogen-bond donors (Lipinski definition) is 1. The molecule has 0 aliphatic carbocycles. The molecule has 76 valence electrons. The number of alkyl halides is 2. The highest BCUT2D eigenvalue weighted by Crippen LogP contribution is 2.22. The number of carbonyl (C=O) groups is 1. The Morgan fingerprint density at radius 3 is 2.71 bits per heavy atom. The normalized spacial score (nSPS) is 10.6. The summed E-state index contributed by atoms with van der Waals surface area (Å²) in [6, 6.07) is 1.54. The third-order valence-corrected chi connectivity index (χ3v) is 1.85. The molecular formula is C9H10F2N2O. The zero-order chi connectivity index (χ0) is 10.7. The van der Waals surface area contributed by atoms with Gasteiger partial charge in [-0.1, -0.05) is 0 Å². The number of hydrogen-bond acceptors (Lipinski definition) is 3. The zero-order valence-electron chi connectivity index (χ0n) is 7.63. The largest absolute Gasteiger partial charge is 0.326 e. The number of carbonyl (C=O) groups excluding carboxylic acids is 1. The molecule has 0 aromatic carbocycles. The van der Waals surface area contributed by atoms with Gasteiger partial charge in [0.15, 0.2) is 6.29 Å². The molecule has 0 amide bonds. The minimum Gasteiger partial charge on any atom is -0.326 e. The molecule has 0 radical (unpaired) electrons. The van der Waals surface area contributed by atoms with E-state index in [0.717, 1.165) is 0 Å². The maximum atomic E-state index is 12.4. The average molecular weight is 200 g/mol. The Morgan fingerprint density at radius 2 is 2.29 bits per heavy atom. The van der Waals surface area contributed by atoms with E-state index in [9.17, 15) is 13.6 Å². The van der Waals surface area contributed by atoms with E-state index in [2.05, 4.69) is 4.98 Å². The van der Waals surface area contributed by atoms with Crippen LogP contribution in [0.5, 0.6) is 0 Å². The summed E-state index contributed by atoms with van der Waals surface area (Å²) in [6.07, 6.45) is -2.38. The van der Waals surface area contributed by atoms with Crippen molar-refractivity contribution < 1.29 is 13.6 Å². The molecule has 5 heteroatoms. The summed E-state index contributed by atoms with van der Waals surface area (Å²) < 4.78 is 24.9. The summed E-state index contributed by atoms with van der Waals surface area (Å²) in [6.45, 7) is 1.64. The standard InChI is InChI=1S/C9H10F2N2O/c1-5-2-6(3-12)7(4-14)8(13-5)9(10)11/h2,4,9H,3,12H2,1H3. The van der Waals surface area contributed by atoms with Gasteiger partial charge in [-0.15, -0.1) is 0 Å².